The maximum absolute atomic E-state index is 12.3. The molecule has 0 unspecified atom stereocenters. The zero-order valence-corrected chi connectivity index (χ0v) is 9.71. The van der Waals surface area contributed by atoms with E-state index < -0.39 is 7.37 Å². The van der Waals surface area contributed by atoms with Crippen molar-refractivity contribution < 1.29 is 19.7 Å². The van der Waals surface area contributed by atoms with Crippen molar-refractivity contribution in [2.45, 2.75) is 0 Å². The highest BCUT2D eigenvalue weighted by Gasteiger charge is 2.29. The number of aromatic hydroxyl groups is 2. The highest BCUT2D eigenvalue weighted by atomic mass is 31.2. The molecule has 0 atom stereocenters. The lowest BCUT2D eigenvalue weighted by atomic mass is 10.3. The van der Waals surface area contributed by atoms with Crippen LogP contribution in [-0.4, -0.2) is 15.1 Å². The van der Waals surface area contributed by atoms with Gasteiger partial charge >= 0.3 is 0 Å². The van der Waals surface area contributed by atoms with Crippen LogP contribution in [0.25, 0.3) is 0 Å². The summed E-state index contributed by atoms with van der Waals surface area (Å²) in [6.07, 6.45) is 0. The van der Waals surface area contributed by atoms with Gasteiger partial charge in [0.2, 0.25) is 0 Å². The standard InChI is InChI=1S/C12H11O4P/c13-9-5-1-3-7-11(9)17(15,16)12-8-4-2-6-10(12)14/h1-8,13-14H,(H,15,16). The highest BCUT2D eigenvalue weighted by molar-refractivity contribution is 7.73. The summed E-state index contributed by atoms with van der Waals surface area (Å²) in [5, 5.41) is 19.0. The first-order valence-corrected chi connectivity index (χ1v) is 6.59. The van der Waals surface area contributed by atoms with Crippen LogP contribution in [0.15, 0.2) is 48.5 Å². The van der Waals surface area contributed by atoms with Crippen LogP contribution < -0.4 is 10.6 Å². The van der Waals surface area contributed by atoms with Crippen LogP contribution in [0.1, 0.15) is 0 Å². The van der Waals surface area contributed by atoms with Crippen LogP contribution in [-0.2, 0) is 4.57 Å². The molecule has 0 saturated heterocycles. The first kappa shape index (κ1) is 11.7. The molecule has 3 N–H and O–H groups in total. The van der Waals surface area contributed by atoms with Crippen molar-refractivity contribution in [3.05, 3.63) is 48.5 Å². The molecule has 0 radical (unpaired) electrons. The third kappa shape index (κ3) is 2.05. The van der Waals surface area contributed by atoms with E-state index in [1.165, 1.54) is 24.3 Å². The van der Waals surface area contributed by atoms with E-state index in [9.17, 15) is 19.7 Å². The van der Waals surface area contributed by atoms with Crippen LogP contribution >= 0.6 is 7.37 Å². The van der Waals surface area contributed by atoms with E-state index in [0.717, 1.165) is 0 Å². The Kier molecular flexibility index (Phi) is 2.92. The first-order chi connectivity index (χ1) is 8.03. The fourth-order valence-electron chi connectivity index (χ4n) is 1.57. The molecule has 4 nitrogen and oxygen atoms in total. The molecule has 0 bridgehead atoms. The summed E-state index contributed by atoms with van der Waals surface area (Å²) < 4.78 is 12.3. The van der Waals surface area contributed by atoms with Gasteiger partial charge in [0.15, 0.2) is 0 Å². The largest absolute Gasteiger partial charge is 0.507 e. The minimum absolute atomic E-state index is 0.0819. The number of phenols is 2. The van der Waals surface area contributed by atoms with E-state index in [4.69, 9.17) is 0 Å². The lowest BCUT2D eigenvalue weighted by Gasteiger charge is -2.14. The summed E-state index contributed by atoms with van der Waals surface area (Å²) in [5.41, 5.74) is 0. The monoisotopic (exact) mass is 250 g/mol. The Balaban J connectivity index is 2.63. The van der Waals surface area contributed by atoms with Crippen molar-refractivity contribution in [1.29, 1.82) is 0 Å². The van der Waals surface area contributed by atoms with Gasteiger partial charge in [-0.25, -0.2) is 0 Å². The van der Waals surface area contributed by atoms with Crippen molar-refractivity contribution in [2.75, 3.05) is 0 Å². The molecular formula is C12H11O4P. The molecule has 0 aromatic heterocycles. The second kappa shape index (κ2) is 4.24. The lowest BCUT2D eigenvalue weighted by Crippen LogP contribution is -2.16. The quantitative estimate of drug-likeness (QED) is 0.702. The van der Waals surface area contributed by atoms with Gasteiger partial charge in [0.05, 0.1) is 10.6 Å². The van der Waals surface area contributed by atoms with Gasteiger partial charge < -0.3 is 15.1 Å². The number of benzene rings is 2. The van der Waals surface area contributed by atoms with Gasteiger partial charge in [0.25, 0.3) is 7.37 Å². The maximum atomic E-state index is 12.3. The van der Waals surface area contributed by atoms with Gasteiger partial charge in [0.1, 0.15) is 11.5 Å². The molecule has 0 aliphatic heterocycles. The molecular weight excluding hydrogens is 239 g/mol. The minimum atomic E-state index is -3.97. The van der Waals surface area contributed by atoms with Gasteiger partial charge in [-0.3, -0.25) is 4.57 Å². The van der Waals surface area contributed by atoms with Crippen molar-refractivity contribution in [1.82, 2.24) is 0 Å². The van der Waals surface area contributed by atoms with Crippen LogP contribution in [0.3, 0.4) is 0 Å². The predicted octanol–water partition coefficient (Wildman–Crippen LogP) is 1.32. The van der Waals surface area contributed by atoms with Crippen molar-refractivity contribution in [3.8, 4) is 11.5 Å². The lowest BCUT2D eigenvalue weighted by molar-refractivity contribution is 0.466. The van der Waals surface area contributed by atoms with Crippen molar-refractivity contribution in [3.63, 3.8) is 0 Å². The fourth-order valence-corrected chi connectivity index (χ4v) is 3.18. The third-order valence-corrected chi connectivity index (χ3v) is 4.48. The Hall–Kier alpha value is -1.77. The van der Waals surface area contributed by atoms with Crippen molar-refractivity contribution in [2.24, 2.45) is 0 Å². The van der Waals surface area contributed by atoms with Crippen LogP contribution in [0, 0.1) is 0 Å². The predicted molar refractivity (Wildman–Crippen MR) is 65.3 cm³/mol. The summed E-state index contributed by atoms with van der Waals surface area (Å²) in [7, 11) is -3.97. The third-order valence-electron chi connectivity index (χ3n) is 2.42. The maximum Gasteiger partial charge on any atom is 0.266 e. The smallest absolute Gasteiger partial charge is 0.266 e. The summed E-state index contributed by atoms with van der Waals surface area (Å²) in [5.74, 6) is -0.525. The normalized spacial score (nSPS) is 11.4. The Morgan fingerprint density at radius 1 is 0.765 bits per heavy atom. The van der Waals surface area contributed by atoms with Crippen LogP contribution in [0.5, 0.6) is 11.5 Å². The van der Waals surface area contributed by atoms with E-state index in [-0.39, 0.29) is 22.1 Å². The molecule has 17 heavy (non-hydrogen) atoms. The second-order valence-corrected chi connectivity index (χ2v) is 5.67. The van der Waals surface area contributed by atoms with Gasteiger partial charge in [0, 0.05) is 0 Å². The number of hydrogen-bond donors (Lipinski definition) is 3. The molecule has 2 aromatic carbocycles. The van der Waals surface area contributed by atoms with Gasteiger partial charge in [-0.1, -0.05) is 24.3 Å². The highest BCUT2D eigenvalue weighted by Crippen LogP contribution is 2.43. The molecule has 0 amide bonds. The molecule has 0 heterocycles. The summed E-state index contributed by atoms with van der Waals surface area (Å²) in [6.45, 7) is 0. The summed E-state index contributed by atoms with van der Waals surface area (Å²) in [4.78, 5) is 10.1. The van der Waals surface area contributed by atoms with E-state index in [0.29, 0.717) is 0 Å². The fraction of sp³-hybridized carbons (Fsp3) is 0. The van der Waals surface area contributed by atoms with E-state index in [1.807, 2.05) is 0 Å². The first-order valence-electron chi connectivity index (χ1n) is 4.93. The van der Waals surface area contributed by atoms with E-state index in [1.54, 1.807) is 24.3 Å². The van der Waals surface area contributed by atoms with Gasteiger partial charge in [-0.15, -0.1) is 0 Å². The zero-order chi connectivity index (χ0) is 12.5. The molecule has 0 spiro atoms. The number of para-hydroxylation sites is 2. The summed E-state index contributed by atoms with van der Waals surface area (Å²) >= 11 is 0. The minimum Gasteiger partial charge on any atom is -0.507 e. The Labute approximate surface area is 98.2 Å². The zero-order valence-electron chi connectivity index (χ0n) is 8.82. The topological polar surface area (TPSA) is 77.8 Å². The van der Waals surface area contributed by atoms with E-state index >= 15 is 0 Å². The van der Waals surface area contributed by atoms with E-state index in [2.05, 4.69) is 0 Å². The summed E-state index contributed by atoms with van der Waals surface area (Å²) in [6, 6.07) is 11.6. The van der Waals surface area contributed by atoms with Crippen LogP contribution in [0.4, 0.5) is 0 Å². The molecule has 5 heteroatoms. The average molecular weight is 250 g/mol. The Morgan fingerprint density at radius 2 is 1.12 bits per heavy atom. The average Bonchev–Trinajstić information content (AvgIpc) is 2.29. The number of hydrogen-bond acceptors (Lipinski definition) is 3. The Bertz CT molecular complexity index is 545. The molecule has 0 saturated carbocycles. The number of phenolic OH excluding ortho intramolecular Hbond substituents is 2. The molecule has 2 rings (SSSR count). The van der Waals surface area contributed by atoms with Gasteiger partial charge in [-0.05, 0) is 24.3 Å². The molecule has 2 aromatic rings. The Morgan fingerprint density at radius 3 is 1.47 bits per heavy atom. The van der Waals surface area contributed by atoms with Crippen LogP contribution in [0.2, 0.25) is 0 Å². The number of rotatable bonds is 2. The molecule has 88 valence electrons. The van der Waals surface area contributed by atoms with Gasteiger partial charge in [-0.2, -0.15) is 0 Å². The SMILES string of the molecule is O=P(O)(c1ccccc1O)c1ccccc1O. The second-order valence-electron chi connectivity index (χ2n) is 3.55. The van der Waals surface area contributed by atoms with Crippen molar-refractivity contribution >= 4 is 18.0 Å². The molecule has 0 aliphatic rings. The molecule has 0 fully saturated rings. The molecule has 0 aliphatic carbocycles.